The summed E-state index contributed by atoms with van der Waals surface area (Å²) in [5, 5.41) is 0. The lowest BCUT2D eigenvalue weighted by molar-refractivity contribution is 0.371. The van der Waals surface area contributed by atoms with Crippen LogP contribution >= 0.6 is 0 Å². The lowest BCUT2D eigenvalue weighted by atomic mass is 9.78. The van der Waals surface area contributed by atoms with E-state index in [-0.39, 0.29) is 5.41 Å². The minimum absolute atomic E-state index is 0.153. The fraction of sp³-hybridized carbons (Fsp3) is 0.526. The molecule has 2 aliphatic carbocycles. The Hall–Kier alpha value is -1.57. The van der Waals surface area contributed by atoms with Gasteiger partial charge in [0.1, 0.15) is 5.76 Å². The molecule has 21 heavy (non-hydrogen) atoms. The molecule has 3 aliphatic rings. The second-order valence-corrected chi connectivity index (χ2v) is 6.80. The maximum atomic E-state index is 6.27. The summed E-state index contributed by atoms with van der Waals surface area (Å²) in [6, 6.07) is 6.39. The van der Waals surface area contributed by atoms with Gasteiger partial charge in [-0.3, -0.25) is 0 Å². The van der Waals surface area contributed by atoms with E-state index in [0.717, 1.165) is 18.0 Å². The summed E-state index contributed by atoms with van der Waals surface area (Å²) in [5.41, 5.74) is 5.34. The number of hydrogen-bond donors (Lipinski definition) is 0. The number of nitrogens with zero attached hydrogens (tertiary/aromatic N) is 1. The maximum absolute atomic E-state index is 6.27. The summed E-state index contributed by atoms with van der Waals surface area (Å²) in [4.78, 5) is 5.03. The molecular weight excluding hydrogens is 258 g/mol. The molecule has 0 bridgehead atoms. The van der Waals surface area contributed by atoms with Crippen LogP contribution < -0.4 is 0 Å². The van der Waals surface area contributed by atoms with Crippen LogP contribution in [0.4, 0.5) is 5.69 Å². The first-order valence-electron chi connectivity index (χ1n) is 8.26. The number of ether oxygens (including phenoxy) is 1. The number of rotatable bonds is 1. The van der Waals surface area contributed by atoms with Crippen molar-refractivity contribution in [2.75, 3.05) is 0 Å². The third-order valence-electron chi connectivity index (χ3n) is 5.48. The molecule has 1 saturated carbocycles. The molecule has 1 fully saturated rings. The third kappa shape index (κ3) is 1.88. The Morgan fingerprint density at radius 2 is 1.71 bits per heavy atom. The summed E-state index contributed by atoms with van der Waals surface area (Å²) in [6.07, 6.45) is 8.69. The molecule has 1 heterocycles. The van der Waals surface area contributed by atoms with Gasteiger partial charge in [-0.05, 0) is 56.2 Å². The van der Waals surface area contributed by atoms with Crippen LogP contribution in [0.3, 0.4) is 0 Å². The highest BCUT2D eigenvalue weighted by molar-refractivity contribution is 5.92. The number of allylic oxidation sites excluding steroid dienone is 1. The number of aliphatic imine (C=N–C) groups is 1. The predicted octanol–water partition coefficient (Wildman–Crippen LogP) is 5.36. The average Bonchev–Trinajstić information content (AvgIpc) is 3.15. The molecule has 110 valence electrons. The van der Waals surface area contributed by atoms with Crippen LogP contribution in [0.5, 0.6) is 0 Å². The van der Waals surface area contributed by atoms with Gasteiger partial charge in [-0.1, -0.05) is 31.0 Å². The normalized spacial score (nSPS) is 25.0. The number of fused-ring (bicyclic) bond motifs is 1. The summed E-state index contributed by atoms with van der Waals surface area (Å²) >= 11 is 0. The molecule has 2 nitrogen and oxygen atoms in total. The van der Waals surface area contributed by atoms with Gasteiger partial charge in [0, 0.05) is 6.42 Å². The van der Waals surface area contributed by atoms with Crippen LogP contribution in [0.15, 0.2) is 34.5 Å². The molecule has 1 spiro atoms. The van der Waals surface area contributed by atoms with E-state index in [1.54, 1.807) is 5.57 Å². The highest BCUT2D eigenvalue weighted by Gasteiger charge is 2.51. The summed E-state index contributed by atoms with van der Waals surface area (Å²) in [6.45, 7) is 4.29. The van der Waals surface area contributed by atoms with Gasteiger partial charge in [0.25, 0.3) is 0 Å². The summed E-state index contributed by atoms with van der Waals surface area (Å²) in [5.74, 6) is 2.25. The van der Waals surface area contributed by atoms with E-state index in [4.69, 9.17) is 9.73 Å². The van der Waals surface area contributed by atoms with Crippen molar-refractivity contribution in [2.45, 2.75) is 58.8 Å². The molecular formula is C19H23NO. The summed E-state index contributed by atoms with van der Waals surface area (Å²) in [7, 11) is 0. The van der Waals surface area contributed by atoms with E-state index in [0.29, 0.717) is 0 Å². The number of aryl methyl sites for hydroxylation is 2. The molecule has 1 aromatic rings. The standard InChI is InChI=1S/C19H23NO/c1-13-7-5-8-14(2)17(13)20-18-19(11-3-4-12-19)15-9-6-10-16(15)21-18/h5,7-8H,3-4,6,9-12H2,1-2H3. The Bertz CT molecular complexity index is 627. The number of benzene rings is 1. The molecule has 0 saturated heterocycles. The van der Waals surface area contributed by atoms with Gasteiger partial charge in [-0.15, -0.1) is 0 Å². The Morgan fingerprint density at radius 3 is 2.43 bits per heavy atom. The van der Waals surface area contributed by atoms with Gasteiger partial charge < -0.3 is 4.74 Å². The first-order valence-corrected chi connectivity index (χ1v) is 8.26. The van der Waals surface area contributed by atoms with E-state index in [1.807, 2.05) is 0 Å². The largest absolute Gasteiger partial charge is 0.446 e. The van der Waals surface area contributed by atoms with Gasteiger partial charge in [0.05, 0.1) is 11.1 Å². The molecule has 1 aliphatic heterocycles. The topological polar surface area (TPSA) is 21.6 Å². The smallest absolute Gasteiger partial charge is 0.205 e. The molecule has 2 heteroatoms. The van der Waals surface area contributed by atoms with Crippen molar-refractivity contribution in [3.63, 3.8) is 0 Å². The second kappa shape index (κ2) is 4.72. The number of para-hydroxylation sites is 1. The van der Waals surface area contributed by atoms with Crippen molar-refractivity contribution in [3.8, 4) is 0 Å². The Morgan fingerprint density at radius 1 is 1.00 bits per heavy atom. The van der Waals surface area contributed by atoms with Crippen LogP contribution in [0.25, 0.3) is 0 Å². The van der Waals surface area contributed by atoms with Crippen LogP contribution in [0.2, 0.25) is 0 Å². The van der Waals surface area contributed by atoms with E-state index >= 15 is 0 Å². The van der Waals surface area contributed by atoms with Gasteiger partial charge in [0.15, 0.2) is 0 Å². The van der Waals surface area contributed by atoms with Gasteiger partial charge in [-0.2, -0.15) is 0 Å². The van der Waals surface area contributed by atoms with Crippen molar-refractivity contribution in [1.29, 1.82) is 0 Å². The highest BCUT2D eigenvalue weighted by Crippen LogP contribution is 2.56. The minimum atomic E-state index is 0.153. The summed E-state index contributed by atoms with van der Waals surface area (Å²) < 4.78 is 6.27. The van der Waals surface area contributed by atoms with Crippen LogP contribution in [0, 0.1) is 19.3 Å². The molecule has 1 aromatic carbocycles. The minimum Gasteiger partial charge on any atom is -0.446 e. The third-order valence-corrected chi connectivity index (χ3v) is 5.48. The Labute approximate surface area is 126 Å². The molecule has 0 radical (unpaired) electrons. The average molecular weight is 281 g/mol. The fourth-order valence-corrected chi connectivity index (χ4v) is 4.39. The Balaban J connectivity index is 1.81. The van der Waals surface area contributed by atoms with Crippen molar-refractivity contribution in [1.82, 2.24) is 0 Å². The molecule has 0 unspecified atom stereocenters. The zero-order valence-electron chi connectivity index (χ0n) is 13.0. The first-order chi connectivity index (χ1) is 10.2. The van der Waals surface area contributed by atoms with Crippen molar-refractivity contribution in [3.05, 3.63) is 40.7 Å². The molecule has 4 rings (SSSR count). The fourth-order valence-electron chi connectivity index (χ4n) is 4.39. The van der Waals surface area contributed by atoms with Gasteiger partial charge >= 0.3 is 0 Å². The van der Waals surface area contributed by atoms with E-state index in [9.17, 15) is 0 Å². The number of hydrogen-bond acceptors (Lipinski definition) is 2. The van der Waals surface area contributed by atoms with Crippen LogP contribution in [0.1, 0.15) is 56.1 Å². The van der Waals surface area contributed by atoms with Gasteiger partial charge in [0.2, 0.25) is 5.90 Å². The SMILES string of the molecule is Cc1cccc(C)c1N=C1OC2=C(CCC2)C12CCCC2. The zero-order valence-corrected chi connectivity index (χ0v) is 13.0. The first kappa shape index (κ1) is 13.1. The molecule has 0 aromatic heterocycles. The Kier molecular flexibility index (Phi) is 2.95. The second-order valence-electron chi connectivity index (χ2n) is 6.80. The zero-order chi connectivity index (χ0) is 14.4. The lowest BCUT2D eigenvalue weighted by Crippen LogP contribution is -2.26. The maximum Gasteiger partial charge on any atom is 0.205 e. The van der Waals surface area contributed by atoms with E-state index in [1.165, 1.54) is 55.4 Å². The van der Waals surface area contributed by atoms with Crippen molar-refractivity contribution < 1.29 is 4.74 Å². The van der Waals surface area contributed by atoms with Gasteiger partial charge in [-0.25, -0.2) is 4.99 Å². The highest BCUT2D eigenvalue weighted by atomic mass is 16.5. The van der Waals surface area contributed by atoms with E-state index in [2.05, 4.69) is 32.0 Å². The quantitative estimate of drug-likeness (QED) is 0.679. The van der Waals surface area contributed by atoms with Crippen LogP contribution in [-0.4, -0.2) is 5.90 Å². The van der Waals surface area contributed by atoms with Crippen LogP contribution in [-0.2, 0) is 4.74 Å². The molecule has 0 N–H and O–H groups in total. The lowest BCUT2D eigenvalue weighted by Gasteiger charge is -2.25. The monoisotopic (exact) mass is 281 g/mol. The predicted molar refractivity (Wildman–Crippen MR) is 85.9 cm³/mol. The van der Waals surface area contributed by atoms with Crippen molar-refractivity contribution >= 4 is 11.6 Å². The molecule has 0 atom stereocenters. The molecule has 0 amide bonds. The van der Waals surface area contributed by atoms with E-state index < -0.39 is 0 Å². The van der Waals surface area contributed by atoms with Crippen molar-refractivity contribution in [2.24, 2.45) is 10.4 Å².